The molecule has 2 heteroatoms. The van der Waals surface area contributed by atoms with E-state index >= 15 is 0 Å². The summed E-state index contributed by atoms with van der Waals surface area (Å²) < 4.78 is 0. The van der Waals surface area contributed by atoms with Gasteiger partial charge in [-0.05, 0) is 34.9 Å². The predicted octanol–water partition coefficient (Wildman–Crippen LogP) is 4.93. The standard InChI is InChI=1S/C19H28N2/c1-4-5-6-10-19(2,3)15-21-13-16-7-8-18-14-20-11-9-17(18)12-16/h7-9,11-12,14,21H,4-6,10,13,15H2,1-3H3. The molecule has 0 saturated carbocycles. The predicted molar refractivity (Wildman–Crippen MR) is 91.4 cm³/mol. The largest absolute Gasteiger partial charge is 0.312 e. The van der Waals surface area contributed by atoms with Crippen LogP contribution in [0.4, 0.5) is 0 Å². The minimum Gasteiger partial charge on any atom is -0.312 e. The second-order valence-electron chi connectivity index (χ2n) is 6.78. The molecule has 114 valence electrons. The quantitative estimate of drug-likeness (QED) is 0.695. The van der Waals surface area contributed by atoms with E-state index in [4.69, 9.17) is 0 Å². The molecule has 0 saturated heterocycles. The number of benzene rings is 1. The van der Waals surface area contributed by atoms with Crippen LogP contribution >= 0.6 is 0 Å². The highest BCUT2D eigenvalue weighted by molar-refractivity contribution is 5.81. The topological polar surface area (TPSA) is 24.9 Å². The Balaban J connectivity index is 1.84. The minimum absolute atomic E-state index is 0.385. The van der Waals surface area contributed by atoms with Crippen LogP contribution in [0.25, 0.3) is 10.8 Å². The van der Waals surface area contributed by atoms with Gasteiger partial charge in [-0.25, -0.2) is 0 Å². The fourth-order valence-electron chi connectivity index (χ4n) is 2.73. The molecular formula is C19H28N2. The molecule has 1 aromatic carbocycles. The van der Waals surface area contributed by atoms with Crippen LogP contribution in [0.15, 0.2) is 36.7 Å². The lowest BCUT2D eigenvalue weighted by Gasteiger charge is -2.25. The Labute approximate surface area is 129 Å². The number of rotatable bonds is 8. The Morgan fingerprint density at radius 3 is 2.76 bits per heavy atom. The summed E-state index contributed by atoms with van der Waals surface area (Å²) in [5.41, 5.74) is 1.73. The highest BCUT2D eigenvalue weighted by atomic mass is 14.9. The summed E-state index contributed by atoms with van der Waals surface area (Å²) in [6.07, 6.45) is 9.07. The van der Waals surface area contributed by atoms with Crippen molar-refractivity contribution < 1.29 is 0 Å². The van der Waals surface area contributed by atoms with Crippen molar-refractivity contribution in [1.29, 1.82) is 0 Å². The van der Waals surface area contributed by atoms with E-state index in [0.29, 0.717) is 5.41 Å². The van der Waals surface area contributed by atoms with Gasteiger partial charge in [-0.1, -0.05) is 52.2 Å². The van der Waals surface area contributed by atoms with Crippen LogP contribution in [-0.2, 0) is 6.54 Å². The normalized spacial score (nSPS) is 12.0. The van der Waals surface area contributed by atoms with Crippen molar-refractivity contribution >= 4 is 10.8 Å². The van der Waals surface area contributed by atoms with Crippen LogP contribution in [-0.4, -0.2) is 11.5 Å². The molecule has 0 amide bonds. The van der Waals surface area contributed by atoms with Gasteiger partial charge in [0.25, 0.3) is 0 Å². The number of nitrogens with zero attached hydrogens (tertiary/aromatic N) is 1. The number of fused-ring (bicyclic) bond motifs is 1. The third-order valence-electron chi connectivity index (χ3n) is 4.09. The number of unbranched alkanes of at least 4 members (excludes halogenated alkanes) is 2. The van der Waals surface area contributed by atoms with Gasteiger partial charge >= 0.3 is 0 Å². The van der Waals surface area contributed by atoms with Crippen LogP contribution < -0.4 is 5.32 Å². The molecule has 1 N–H and O–H groups in total. The Bertz CT molecular complexity index is 560. The van der Waals surface area contributed by atoms with Crippen molar-refractivity contribution in [3.8, 4) is 0 Å². The molecule has 0 aliphatic rings. The summed E-state index contributed by atoms with van der Waals surface area (Å²) in [6, 6.07) is 8.69. The van der Waals surface area contributed by atoms with Crippen LogP contribution in [0.3, 0.4) is 0 Å². The van der Waals surface area contributed by atoms with Crippen molar-refractivity contribution in [3.05, 3.63) is 42.2 Å². The average molecular weight is 284 g/mol. The van der Waals surface area contributed by atoms with Gasteiger partial charge < -0.3 is 5.32 Å². The van der Waals surface area contributed by atoms with Crippen molar-refractivity contribution in [2.24, 2.45) is 5.41 Å². The second kappa shape index (κ2) is 7.56. The number of pyridine rings is 1. The molecular weight excluding hydrogens is 256 g/mol. The van der Waals surface area contributed by atoms with E-state index in [1.807, 2.05) is 12.4 Å². The summed E-state index contributed by atoms with van der Waals surface area (Å²) in [5.74, 6) is 0. The molecule has 0 atom stereocenters. The smallest absolute Gasteiger partial charge is 0.0346 e. The molecule has 0 aliphatic carbocycles. The van der Waals surface area contributed by atoms with Crippen molar-refractivity contribution in [3.63, 3.8) is 0 Å². The van der Waals surface area contributed by atoms with E-state index in [0.717, 1.165) is 13.1 Å². The van der Waals surface area contributed by atoms with Crippen LogP contribution in [0.2, 0.25) is 0 Å². The maximum atomic E-state index is 4.16. The number of nitrogens with one attached hydrogen (secondary N) is 1. The van der Waals surface area contributed by atoms with Crippen LogP contribution in [0.5, 0.6) is 0 Å². The zero-order chi connectivity index (χ0) is 15.1. The maximum absolute atomic E-state index is 4.16. The van der Waals surface area contributed by atoms with E-state index in [-0.39, 0.29) is 0 Å². The van der Waals surface area contributed by atoms with Gasteiger partial charge in [0.2, 0.25) is 0 Å². The second-order valence-corrected chi connectivity index (χ2v) is 6.78. The number of hydrogen-bond donors (Lipinski definition) is 1. The molecule has 0 bridgehead atoms. The van der Waals surface area contributed by atoms with Crippen molar-refractivity contribution in [1.82, 2.24) is 10.3 Å². The van der Waals surface area contributed by atoms with E-state index in [2.05, 4.69) is 55.3 Å². The first-order chi connectivity index (χ1) is 10.1. The molecule has 21 heavy (non-hydrogen) atoms. The summed E-state index contributed by atoms with van der Waals surface area (Å²) in [5, 5.41) is 6.10. The molecule has 0 unspecified atom stereocenters. The fraction of sp³-hybridized carbons (Fsp3) is 0.526. The first-order valence-electron chi connectivity index (χ1n) is 8.14. The van der Waals surface area contributed by atoms with Gasteiger partial charge in [-0.2, -0.15) is 0 Å². The van der Waals surface area contributed by atoms with E-state index in [1.54, 1.807) is 0 Å². The third-order valence-corrected chi connectivity index (χ3v) is 4.09. The minimum atomic E-state index is 0.385. The van der Waals surface area contributed by atoms with Gasteiger partial charge in [0.1, 0.15) is 0 Å². The number of hydrogen-bond acceptors (Lipinski definition) is 2. The highest BCUT2D eigenvalue weighted by Gasteiger charge is 2.16. The third kappa shape index (κ3) is 5.13. The van der Waals surface area contributed by atoms with Gasteiger partial charge in [0.15, 0.2) is 0 Å². The zero-order valence-corrected chi connectivity index (χ0v) is 13.7. The van der Waals surface area contributed by atoms with Gasteiger partial charge in [-0.3, -0.25) is 4.98 Å². The maximum Gasteiger partial charge on any atom is 0.0346 e. The SMILES string of the molecule is CCCCCC(C)(C)CNCc1ccc2cnccc2c1. The van der Waals surface area contributed by atoms with E-state index < -0.39 is 0 Å². The molecule has 2 aromatic rings. The van der Waals surface area contributed by atoms with Crippen molar-refractivity contribution in [2.45, 2.75) is 53.0 Å². The molecule has 1 aromatic heterocycles. The monoisotopic (exact) mass is 284 g/mol. The zero-order valence-electron chi connectivity index (χ0n) is 13.7. The van der Waals surface area contributed by atoms with Crippen molar-refractivity contribution in [2.75, 3.05) is 6.54 Å². The Morgan fingerprint density at radius 2 is 1.95 bits per heavy atom. The molecule has 0 aliphatic heterocycles. The summed E-state index contributed by atoms with van der Waals surface area (Å²) in [4.78, 5) is 4.16. The van der Waals surface area contributed by atoms with E-state index in [1.165, 1.54) is 42.0 Å². The molecule has 2 rings (SSSR count). The highest BCUT2D eigenvalue weighted by Crippen LogP contribution is 2.23. The lowest BCUT2D eigenvalue weighted by molar-refractivity contribution is 0.302. The molecule has 1 heterocycles. The van der Waals surface area contributed by atoms with Gasteiger partial charge in [-0.15, -0.1) is 0 Å². The van der Waals surface area contributed by atoms with Crippen LogP contribution in [0.1, 0.15) is 52.0 Å². The first kappa shape index (κ1) is 16.0. The Kier molecular flexibility index (Phi) is 5.75. The molecule has 2 nitrogen and oxygen atoms in total. The fourth-order valence-corrected chi connectivity index (χ4v) is 2.73. The first-order valence-corrected chi connectivity index (χ1v) is 8.14. The van der Waals surface area contributed by atoms with Crippen LogP contribution in [0, 0.1) is 5.41 Å². The molecule has 0 fully saturated rings. The summed E-state index contributed by atoms with van der Waals surface area (Å²) >= 11 is 0. The van der Waals surface area contributed by atoms with E-state index in [9.17, 15) is 0 Å². The summed E-state index contributed by atoms with van der Waals surface area (Å²) in [6.45, 7) is 9.00. The summed E-state index contributed by atoms with van der Waals surface area (Å²) in [7, 11) is 0. The lowest BCUT2D eigenvalue weighted by atomic mass is 9.87. The Hall–Kier alpha value is -1.41. The molecule has 0 radical (unpaired) electrons. The average Bonchev–Trinajstić information content (AvgIpc) is 2.47. The van der Waals surface area contributed by atoms with Gasteiger partial charge in [0.05, 0.1) is 0 Å². The Morgan fingerprint density at radius 1 is 1.10 bits per heavy atom. The van der Waals surface area contributed by atoms with Gasteiger partial charge in [0, 0.05) is 30.9 Å². The molecule has 0 spiro atoms. The number of aromatic nitrogens is 1. The lowest BCUT2D eigenvalue weighted by Crippen LogP contribution is -2.29.